The summed E-state index contributed by atoms with van der Waals surface area (Å²) in [4.78, 5) is 4.36. The molecule has 6 heteroatoms. The van der Waals surface area contributed by atoms with E-state index in [1.54, 1.807) is 18.0 Å². The molecule has 0 spiro atoms. The molecule has 0 saturated carbocycles. The first-order chi connectivity index (χ1) is 12.2. The van der Waals surface area contributed by atoms with Crippen LogP contribution < -0.4 is 15.4 Å². The third-order valence-corrected chi connectivity index (χ3v) is 3.77. The van der Waals surface area contributed by atoms with Gasteiger partial charge in [0.2, 0.25) is 0 Å². The van der Waals surface area contributed by atoms with Gasteiger partial charge in [-0.05, 0) is 48.1 Å². The number of thiocarbonyl (C=S) groups is 1. The fourth-order valence-corrected chi connectivity index (χ4v) is 2.44. The van der Waals surface area contributed by atoms with Crippen LogP contribution in [0.3, 0.4) is 0 Å². The summed E-state index contributed by atoms with van der Waals surface area (Å²) in [5.41, 5.74) is 2.07. The van der Waals surface area contributed by atoms with Crippen LogP contribution in [-0.4, -0.2) is 22.0 Å². The molecular weight excluding hydrogens is 332 g/mol. The van der Waals surface area contributed by atoms with Gasteiger partial charge < -0.3 is 10.1 Å². The van der Waals surface area contributed by atoms with E-state index in [0.29, 0.717) is 17.0 Å². The van der Waals surface area contributed by atoms with E-state index in [1.165, 1.54) is 0 Å². The number of ether oxygens (including phenoxy) is 1. The average molecular weight is 350 g/mol. The molecule has 0 aliphatic heterocycles. The molecule has 0 atom stereocenters. The van der Waals surface area contributed by atoms with Gasteiger partial charge in [0.1, 0.15) is 5.75 Å². The number of rotatable bonds is 4. The van der Waals surface area contributed by atoms with Crippen molar-refractivity contribution in [2.24, 2.45) is 4.99 Å². The topological polar surface area (TPSA) is 51.4 Å². The van der Waals surface area contributed by atoms with Crippen molar-refractivity contribution in [1.29, 1.82) is 0 Å². The smallest absolute Gasteiger partial charge is 0.193 e. The van der Waals surface area contributed by atoms with Crippen molar-refractivity contribution in [3.63, 3.8) is 0 Å². The highest BCUT2D eigenvalue weighted by Crippen LogP contribution is 2.12. The van der Waals surface area contributed by atoms with Crippen LogP contribution in [-0.2, 0) is 6.54 Å². The second-order valence-electron chi connectivity index (χ2n) is 5.29. The number of nitrogens with zero attached hydrogens (tertiary/aromatic N) is 3. The van der Waals surface area contributed by atoms with Crippen molar-refractivity contribution in [3.05, 3.63) is 84.0 Å². The molecule has 126 valence electrons. The van der Waals surface area contributed by atoms with E-state index in [9.17, 15) is 0 Å². The van der Waals surface area contributed by atoms with Crippen LogP contribution in [0, 0.1) is 0 Å². The fourth-order valence-electron chi connectivity index (χ4n) is 2.27. The van der Waals surface area contributed by atoms with E-state index in [0.717, 1.165) is 17.0 Å². The van der Waals surface area contributed by atoms with Crippen LogP contribution in [0.5, 0.6) is 5.75 Å². The molecule has 0 aliphatic carbocycles. The minimum atomic E-state index is 0.419. The maximum Gasteiger partial charge on any atom is 0.193 e. The molecule has 0 amide bonds. The third-order valence-electron chi connectivity index (χ3n) is 3.53. The highest BCUT2D eigenvalue weighted by molar-refractivity contribution is 7.80. The van der Waals surface area contributed by atoms with E-state index in [-0.39, 0.29) is 0 Å². The summed E-state index contributed by atoms with van der Waals surface area (Å²) in [6, 6.07) is 19.6. The second kappa shape index (κ2) is 8.21. The first-order valence-corrected chi connectivity index (χ1v) is 8.21. The molecule has 0 radical (unpaired) electrons. The van der Waals surface area contributed by atoms with Crippen LogP contribution >= 0.6 is 12.2 Å². The minimum absolute atomic E-state index is 0.419. The van der Waals surface area contributed by atoms with Crippen LogP contribution in [0.1, 0.15) is 5.56 Å². The first-order valence-electron chi connectivity index (χ1n) is 7.80. The third kappa shape index (κ3) is 4.74. The summed E-state index contributed by atoms with van der Waals surface area (Å²) in [6.45, 7) is 0.587. The summed E-state index contributed by atoms with van der Waals surface area (Å²) >= 11 is 5.28. The largest absolute Gasteiger partial charge is 0.497 e. The molecule has 3 aromatic rings. The number of nitrogens with one attached hydrogen (secondary N) is 1. The van der Waals surface area contributed by atoms with Gasteiger partial charge in [-0.2, -0.15) is 5.10 Å². The zero-order chi connectivity index (χ0) is 17.5. The maximum atomic E-state index is 5.28. The normalized spacial score (nSPS) is 11.2. The SMILES string of the molecule is COc1cccc(CNC(=S)/N=c2\ccn(-c3ccccc3)nc2)c1. The van der Waals surface area contributed by atoms with Gasteiger partial charge >= 0.3 is 0 Å². The Morgan fingerprint density at radius 3 is 2.72 bits per heavy atom. The molecule has 3 rings (SSSR count). The lowest BCUT2D eigenvalue weighted by atomic mass is 10.2. The maximum absolute atomic E-state index is 5.28. The zero-order valence-electron chi connectivity index (χ0n) is 13.8. The van der Waals surface area contributed by atoms with Crippen molar-refractivity contribution < 1.29 is 4.74 Å². The number of aromatic nitrogens is 2. The predicted octanol–water partition coefficient (Wildman–Crippen LogP) is 2.86. The number of hydrogen-bond acceptors (Lipinski definition) is 3. The molecule has 1 N–H and O–H groups in total. The lowest BCUT2D eigenvalue weighted by Gasteiger charge is -2.06. The molecule has 0 bridgehead atoms. The number of methoxy groups -OCH3 is 1. The van der Waals surface area contributed by atoms with Crippen molar-refractivity contribution >= 4 is 17.3 Å². The van der Waals surface area contributed by atoms with Crippen LogP contribution in [0.15, 0.2) is 78.0 Å². The van der Waals surface area contributed by atoms with Crippen molar-refractivity contribution in [3.8, 4) is 11.4 Å². The highest BCUT2D eigenvalue weighted by Gasteiger charge is 1.98. The van der Waals surface area contributed by atoms with Gasteiger partial charge in [0.05, 0.1) is 24.4 Å². The lowest BCUT2D eigenvalue weighted by molar-refractivity contribution is 0.414. The summed E-state index contributed by atoms with van der Waals surface area (Å²) in [6.07, 6.45) is 3.55. The Bertz CT molecular complexity index is 901. The summed E-state index contributed by atoms with van der Waals surface area (Å²) in [7, 11) is 1.65. The molecule has 0 unspecified atom stereocenters. The average Bonchev–Trinajstić information content (AvgIpc) is 2.68. The van der Waals surface area contributed by atoms with Crippen molar-refractivity contribution in [1.82, 2.24) is 15.1 Å². The molecular formula is C19H18N4OS. The highest BCUT2D eigenvalue weighted by atomic mass is 32.1. The molecule has 0 saturated heterocycles. The summed E-state index contributed by atoms with van der Waals surface area (Å²) in [5, 5.41) is 8.60. The minimum Gasteiger partial charge on any atom is -0.497 e. The van der Waals surface area contributed by atoms with Gasteiger partial charge in [-0.25, -0.2) is 9.67 Å². The number of benzene rings is 2. The predicted molar refractivity (Wildman–Crippen MR) is 102 cm³/mol. The van der Waals surface area contributed by atoms with Crippen LogP contribution in [0.4, 0.5) is 0 Å². The fraction of sp³-hybridized carbons (Fsp3) is 0.105. The molecule has 25 heavy (non-hydrogen) atoms. The summed E-state index contributed by atoms with van der Waals surface area (Å²) < 4.78 is 6.99. The first kappa shape index (κ1) is 16.9. The Hall–Kier alpha value is -2.99. The van der Waals surface area contributed by atoms with E-state index < -0.39 is 0 Å². The Labute approximate surface area is 151 Å². The van der Waals surface area contributed by atoms with Gasteiger partial charge in [0.25, 0.3) is 0 Å². The standard InChI is InChI=1S/C19H18N4OS/c1-24-18-9-5-6-15(12-18)13-20-19(25)22-16-10-11-23(21-14-16)17-7-3-2-4-8-17/h2-12,14H,13H2,1H3,(H,20,25)/b22-16+. The van der Waals surface area contributed by atoms with Crippen LogP contribution in [0.2, 0.25) is 0 Å². The van der Waals surface area contributed by atoms with E-state index in [4.69, 9.17) is 17.0 Å². The van der Waals surface area contributed by atoms with E-state index in [2.05, 4.69) is 15.4 Å². The lowest BCUT2D eigenvalue weighted by Crippen LogP contribution is -2.22. The molecule has 5 nitrogen and oxygen atoms in total. The molecule has 2 aromatic carbocycles. The Balaban J connectivity index is 1.65. The Morgan fingerprint density at radius 1 is 1.16 bits per heavy atom. The van der Waals surface area contributed by atoms with Crippen LogP contribution in [0.25, 0.3) is 5.69 Å². The Morgan fingerprint density at radius 2 is 2.00 bits per heavy atom. The zero-order valence-corrected chi connectivity index (χ0v) is 14.6. The number of para-hydroxylation sites is 1. The quantitative estimate of drug-likeness (QED) is 0.735. The van der Waals surface area contributed by atoms with E-state index in [1.807, 2.05) is 66.9 Å². The molecule has 1 heterocycles. The summed E-state index contributed by atoms with van der Waals surface area (Å²) in [5.74, 6) is 0.819. The monoisotopic (exact) mass is 350 g/mol. The van der Waals surface area contributed by atoms with E-state index >= 15 is 0 Å². The second-order valence-corrected chi connectivity index (χ2v) is 5.67. The molecule has 0 aliphatic rings. The van der Waals surface area contributed by atoms with Gasteiger partial charge in [0.15, 0.2) is 5.11 Å². The van der Waals surface area contributed by atoms with Gasteiger partial charge in [-0.3, -0.25) is 0 Å². The van der Waals surface area contributed by atoms with Crippen molar-refractivity contribution in [2.45, 2.75) is 6.54 Å². The Kier molecular flexibility index (Phi) is 5.53. The molecule has 1 aromatic heterocycles. The van der Waals surface area contributed by atoms with Gasteiger partial charge in [0, 0.05) is 12.7 Å². The number of hydrogen-bond donors (Lipinski definition) is 1. The van der Waals surface area contributed by atoms with Crippen molar-refractivity contribution in [2.75, 3.05) is 7.11 Å². The van der Waals surface area contributed by atoms with Gasteiger partial charge in [-0.15, -0.1) is 0 Å². The van der Waals surface area contributed by atoms with Gasteiger partial charge in [-0.1, -0.05) is 30.3 Å². The molecule has 0 fully saturated rings.